The number of hydrogen-bond donors (Lipinski definition) is 2. The number of fused-ring (bicyclic) bond motifs is 3. The van der Waals surface area contributed by atoms with E-state index in [4.69, 9.17) is 5.26 Å². The molecule has 1 saturated carbocycles. The third-order valence-corrected chi connectivity index (χ3v) is 5.03. The fourth-order valence-corrected chi connectivity index (χ4v) is 3.40. The van der Waals surface area contributed by atoms with Crippen LogP contribution in [0.25, 0.3) is 16.8 Å². The molecule has 122 valence electrons. The van der Waals surface area contributed by atoms with E-state index >= 15 is 0 Å². The minimum absolute atomic E-state index is 0.222. The van der Waals surface area contributed by atoms with Gasteiger partial charge in [0.05, 0.1) is 22.7 Å². The van der Waals surface area contributed by atoms with Crippen LogP contribution in [0.15, 0.2) is 48.5 Å². The van der Waals surface area contributed by atoms with Crippen LogP contribution in [0.4, 0.5) is 5.95 Å². The van der Waals surface area contributed by atoms with E-state index in [1.807, 2.05) is 10.6 Å². The molecule has 25 heavy (non-hydrogen) atoms. The van der Waals surface area contributed by atoms with E-state index in [-0.39, 0.29) is 5.41 Å². The number of nitriles is 1. The summed E-state index contributed by atoms with van der Waals surface area (Å²) in [5.41, 5.74) is 3.89. The predicted molar refractivity (Wildman–Crippen MR) is 95.4 cm³/mol. The maximum atomic E-state index is 8.99. The molecule has 2 heterocycles. The summed E-state index contributed by atoms with van der Waals surface area (Å²) in [5, 5.41) is 15.7. The van der Waals surface area contributed by atoms with Gasteiger partial charge in [0.25, 0.3) is 5.78 Å². The topological polar surface area (TPSA) is 81.8 Å². The lowest BCUT2D eigenvalue weighted by Gasteiger charge is -2.15. The van der Waals surface area contributed by atoms with Crippen molar-refractivity contribution in [2.45, 2.75) is 18.3 Å². The smallest absolute Gasteiger partial charge is 0.253 e. The van der Waals surface area contributed by atoms with Crippen molar-refractivity contribution in [3.63, 3.8) is 0 Å². The minimum Gasteiger partial charge on any atom is -0.354 e. The van der Waals surface area contributed by atoms with Crippen molar-refractivity contribution in [3.8, 4) is 6.07 Å². The van der Waals surface area contributed by atoms with E-state index in [2.05, 4.69) is 56.8 Å². The predicted octanol–water partition coefficient (Wildman–Crippen LogP) is 3.23. The van der Waals surface area contributed by atoms with Gasteiger partial charge >= 0.3 is 0 Å². The molecule has 0 amide bonds. The van der Waals surface area contributed by atoms with Gasteiger partial charge in [0.15, 0.2) is 0 Å². The normalized spacial score (nSPS) is 15.3. The molecule has 2 aromatic heterocycles. The molecule has 4 aromatic rings. The van der Waals surface area contributed by atoms with Crippen molar-refractivity contribution in [2.75, 3.05) is 11.9 Å². The van der Waals surface area contributed by atoms with Crippen LogP contribution < -0.4 is 5.32 Å². The van der Waals surface area contributed by atoms with Crippen molar-refractivity contribution in [2.24, 2.45) is 0 Å². The summed E-state index contributed by atoms with van der Waals surface area (Å²) in [6, 6.07) is 18.2. The zero-order valence-electron chi connectivity index (χ0n) is 13.5. The molecular formula is C19H16N6. The molecule has 0 bridgehead atoms. The van der Waals surface area contributed by atoms with Gasteiger partial charge in [-0.2, -0.15) is 10.2 Å². The number of imidazole rings is 1. The first kappa shape index (κ1) is 14.1. The van der Waals surface area contributed by atoms with E-state index < -0.39 is 0 Å². The van der Waals surface area contributed by atoms with Crippen LogP contribution >= 0.6 is 0 Å². The Bertz CT molecular complexity index is 1110. The zero-order chi connectivity index (χ0) is 16.9. The molecular weight excluding hydrogens is 312 g/mol. The Balaban J connectivity index is 1.42. The van der Waals surface area contributed by atoms with Crippen LogP contribution in [-0.2, 0) is 5.41 Å². The average Bonchev–Trinajstić information content (AvgIpc) is 3.24. The number of nitrogens with one attached hydrogen (secondary N) is 2. The summed E-state index contributed by atoms with van der Waals surface area (Å²) in [7, 11) is 0. The van der Waals surface area contributed by atoms with Crippen molar-refractivity contribution in [3.05, 3.63) is 59.7 Å². The van der Waals surface area contributed by atoms with Gasteiger partial charge in [-0.1, -0.05) is 30.3 Å². The maximum Gasteiger partial charge on any atom is 0.253 e. The van der Waals surface area contributed by atoms with Crippen molar-refractivity contribution in [1.29, 1.82) is 5.26 Å². The van der Waals surface area contributed by atoms with E-state index in [0.717, 1.165) is 23.5 Å². The molecule has 0 radical (unpaired) electrons. The Kier molecular flexibility index (Phi) is 2.86. The van der Waals surface area contributed by atoms with Gasteiger partial charge in [-0.15, -0.1) is 0 Å². The van der Waals surface area contributed by atoms with Crippen molar-refractivity contribution < 1.29 is 0 Å². The van der Waals surface area contributed by atoms with Gasteiger partial charge in [-0.05, 0) is 36.6 Å². The van der Waals surface area contributed by atoms with Gasteiger partial charge < -0.3 is 5.32 Å². The molecule has 0 unspecified atom stereocenters. The Morgan fingerprint density at radius 2 is 2.00 bits per heavy atom. The fourth-order valence-electron chi connectivity index (χ4n) is 3.40. The Morgan fingerprint density at radius 3 is 2.76 bits per heavy atom. The van der Waals surface area contributed by atoms with E-state index in [1.165, 1.54) is 18.4 Å². The molecule has 2 aromatic carbocycles. The van der Waals surface area contributed by atoms with Crippen LogP contribution in [0.2, 0.25) is 0 Å². The molecule has 0 spiro atoms. The first-order valence-electron chi connectivity index (χ1n) is 8.35. The molecule has 0 aliphatic heterocycles. The molecule has 6 heteroatoms. The molecule has 1 fully saturated rings. The largest absolute Gasteiger partial charge is 0.354 e. The Hall–Kier alpha value is -3.33. The highest BCUT2D eigenvalue weighted by atomic mass is 15.4. The molecule has 0 saturated heterocycles. The van der Waals surface area contributed by atoms with Crippen molar-refractivity contribution in [1.82, 2.24) is 19.6 Å². The lowest BCUT2D eigenvalue weighted by molar-refractivity contribution is 0.727. The fraction of sp³-hybridized carbons (Fsp3) is 0.211. The molecule has 1 aliphatic carbocycles. The summed E-state index contributed by atoms with van der Waals surface area (Å²) in [6.07, 6.45) is 2.39. The quantitative estimate of drug-likeness (QED) is 0.602. The zero-order valence-corrected chi connectivity index (χ0v) is 13.5. The number of aromatic amines is 1. The van der Waals surface area contributed by atoms with Crippen LogP contribution in [-0.4, -0.2) is 26.1 Å². The highest BCUT2D eigenvalue weighted by Crippen LogP contribution is 2.47. The van der Waals surface area contributed by atoms with Crippen LogP contribution in [0.5, 0.6) is 0 Å². The summed E-state index contributed by atoms with van der Waals surface area (Å²) >= 11 is 0. The second kappa shape index (κ2) is 5.08. The lowest BCUT2D eigenvalue weighted by Crippen LogP contribution is -2.20. The van der Waals surface area contributed by atoms with Gasteiger partial charge in [-0.25, -0.2) is 9.50 Å². The second-order valence-electron chi connectivity index (χ2n) is 6.63. The molecule has 5 rings (SSSR count). The summed E-state index contributed by atoms with van der Waals surface area (Å²) in [5.74, 6) is 1.33. The highest BCUT2D eigenvalue weighted by Gasteiger charge is 2.44. The number of aromatic nitrogens is 4. The standard InChI is InChI=1S/C19H16N6/c20-11-13-6-7-16-15(10-13)22-18-23-17(24-25(16)18)21-12-19(8-9-19)14-4-2-1-3-5-14/h1-7,10H,8-9,12H2,(H2,21,22,23,24). The Labute approximate surface area is 144 Å². The maximum absolute atomic E-state index is 8.99. The first-order chi connectivity index (χ1) is 12.3. The SMILES string of the molecule is N#Cc1ccc2c(c1)nc1nc(NCC3(c4ccccc4)CC3)[nH]n12. The van der Waals surface area contributed by atoms with E-state index in [0.29, 0.717) is 11.3 Å². The third-order valence-electron chi connectivity index (χ3n) is 5.03. The highest BCUT2D eigenvalue weighted by molar-refractivity contribution is 5.80. The van der Waals surface area contributed by atoms with Gasteiger partial charge in [0.2, 0.25) is 5.95 Å². The molecule has 6 nitrogen and oxygen atoms in total. The summed E-state index contributed by atoms with van der Waals surface area (Å²) in [4.78, 5) is 9.02. The second-order valence-corrected chi connectivity index (χ2v) is 6.63. The monoisotopic (exact) mass is 328 g/mol. The van der Waals surface area contributed by atoms with E-state index in [1.54, 1.807) is 12.1 Å². The van der Waals surface area contributed by atoms with Gasteiger partial charge in [-0.3, -0.25) is 5.10 Å². The number of H-pyrrole nitrogens is 1. The molecule has 0 atom stereocenters. The third kappa shape index (κ3) is 2.24. The van der Waals surface area contributed by atoms with Gasteiger partial charge in [0, 0.05) is 12.0 Å². The number of hydrogen-bond acceptors (Lipinski definition) is 4. The minimum atomic E-state index is 0.222. The average molecular weight is 328 g/mol. The lowest BCUT2D eigenvalue weighted by atomic mass is 9.96. The summed E-state index contributed by atoms with van der Waals surface area (Å²) < 4.78 is 1.85. The first-order valence-corrected chi connectivity index (χ1v) is 8.35. The number of benzene rings is 2. The number of nitrogens with zero attached hydrogens (tertiary/aromatic N) is 4. The molecule has 2 N–H and O–H groups in total. The van der Waals surface area contributed by atoms with Crippen LogP contribution in [0.3, 0.4) is 0 Å². The van der Waals surface area contributed by atoms with Crippen molar-refractivity contribution >= 4 is 22.8 Å². The van der Waals surface area contributed by atoms with Crippen LogP contribution in [0, 0.1) is 11.3 Å². The summed E-state index contributed by atoms with van der Waals surface area (Å²) in [6.45, 7) is 0.851. The number of anilines is 1. The number of rotatable bonds is 4. The van der Waals surface area contributed by atoms with E-state index in [9.17, 15) is 0 Å². The Morgan fingerprint density at radius 1 is 1.16 bits per heavy atom. The molecule has 1 aliphatic rings. The van der Waals surface area contributed by atoms with Crippen LogP contribution in [0.1, 0.15) is 24.0 Å². The van der Waals surface area contributed by atoms with Gasteiger partial charge in [0.1, 0.15) is 0 Å².